The number of hydrogen-bond donors (Lipinski definition) is 2. The maximum atomic E-state index is 12.8. The van der Waals surface area contributed by atoms with Crippen molar-refractivity contribution < 1.29 is 23.9 Å². The molecule has 2 atom stereocenters. The SMILES string of the molecule is C[C@H]1CCCC[C@]12NC(=O)N(CC(=O)OCC(=O)Nc1ccc(N(C)C)cc1)C2=O. The van der Waals surface area contributed by atoms with Crippen molar-refractivity contribution in [2.45, 2.75) is 38.1 Å². The van der Waals surface area contributed by atoms with Gasteiger partial charge in [-0.15, -0.1) is 0 Å². The van der Waals surface area contributed by atoms with Crippen LogP contribution in [0.4, 0.5) is 16.2 Å². The van der Waals surface area contributed by atoms with Crippen molar-refractivity contribution in [3.8, 4) is 0 Å². The summed E-state index contributed by atoms with van der Waals surface area (Å²) in [5.41, 5.74) is 0.633. The number of ether oxygens (including phenoxy) is 1. The summed E-state index contributed by atoms with van der Waals surface area (Å²) in [4.78, 5) is 52.1. The van der Waals surface area contributed by atoms with Gasteiger partial charge in [-0.2, -0.15) is 0 Å². The zero-order chi connectivity index (χ0) is 21.9. The largest absolute Gasteiger partial charge is 0.454 e. The van der Waals surface area contributed by atoms with Gasteiger partial charge >= 0.3 is 12.0 Å². The molecule has 1 saturated heterocycles. The van der Waals surface area contributed by atoms with Crippen LogP contribution in [0.5, 0.6) is 0 Å². The molecule has 1 aromatic rings. The van der Waals surface area contributed by atoms with Gasteiger partial charge in [0.25, 0.3) is 11.8 Å². The Morgan fingerprint density at radius 1 is 1.23 bits per heavy atom. The third-order valence-electron chi connectivity index (χ3n) is 5.82. The van der Waals surface area contributed by atoms with E-state index in [4.69, 9.17) is 4.74 Å². The van der Waals surface area contributed by atoms with Gasteiger partial charge in [-0.05, 0) is 43.0 Å². The number of carbonyl (C=O) groups is 4. The van der Waals surface area contributed by atoms with Gasteiger partial charge in [0.15, 0.2) is 6.61 Å². The Labute approximate surface area is 175 Å². The summed E-state index contributed by atoms with van der Waals surface area (Å²) >= 11 is 0. The average Bonchev–Trinajstić information content (AvgIpc) is 2.94. The normalized spacial score (nSPS) is 23.3. The molecule has 2 aliphatic rings. The van der Waals surface area contributed by atoms with Crippen LogP contribution in [0.15, 0.2) is 24.3 Å². The maximum absolute atomic E-state index is 12.8. The fourth-order valence-electron chi connectivity index (χ4n) is 4.00. The van der Waals surface area contributed by atoms with Gasteiger partial charge in [-0.25, -0.2) is 4.79 Å². The summed E-state index contributed by atoms with van der Waals surface area (Å²) in [5.74, 6) is -1.69. The van der Waals surface area contributed by atoms with Crippen LogP contribution in [0.25, 0.3) is 0 Å². The Morgan fingerprint density at radius 3 is 2.57 bits per heavy atom. The molecule has 30 heavy (non-hydrogen) atoms. The Morgan fingerprint density at radius 2 is 1.93 bits per heavy atom. The molecule has 0 radical (unpaired) electrons. The van der Waals surface area contributed by atoms with Crippen molar-refractivity contribution in [1.82, 2.24) is 10.2 Å². The van der Waals surface area contributed by atoms with Gasteiger partial charge in [0.05, 0.1) is 0 Å². The molecule has 1 aromatic carbocycles. The molecule has 1 aliphatic heterocycles. The third kappa shape index (κ3) is 4.39. The minimum atomic E-state index is -0.925. The number of benzene rings is 1. The number of nitrogens with zero attached hydrogens (tertiary/aromatic N) is 2. The highest BCUT2D eigenvalue weighted by Gasteiger charge is 2.55. The van der Waals surface area contributed by atoms with Gasteiger partial charge in [0.1, 0.15) is 12.1 Å². The highest BCUT2D eigenvalue weighted by Crippen LogP contribution is 2.38. The van der Waals surface area contributed by atoms with E-state index in [9.17, 15) is 19.2 Å². The van der Waals surface area contributed by atoms with Gasteiger partial charge in [0.2, 0.25) is 0 Å². The molecular formula is C21H28N4O5. The first-order chi connectivity index (χ1) is 14.2. The van der Waals surface area contributed by atoms with Crippen molar-refractivity contribution in [3.05, 3.63) is 24.3 Å². The molecule has 162 valence electrons. The molecule has 3 rings (SSSR count). The molecule has 0 aromatic heterocycles. The molecule has 1 spiro atoms. The van der Waals surface area contributed by atoms with Crippen molar-refractivity contribution in [2.24, 2.45) is 5.92 Å². The fraction of sp³-hybridized carbons (Fsp3) is 0.524. The zero-order valence-electron chi connectivity index (χ0n) is 17.6. The van der Waals surface area contributed by atoms with E-state index in [2.05, 4.69) is 10.6 Å². The second-order valence-corrected chi connectivity index (χ2v) is 8.09. The monoisotopic (exact) mass is 416 g/mol. The predicted molar refractivity (Wildman–Crippen MR) is 111 cm³/mol. The number of nitrogens with one attached hydrogen (secondary N) is 2. The second-order valence-electron chi connectivity index (χ2n) is 8.09. The van der Waals surface area contributed by atoms with Crippen LogP contribution in [0.2, 0.25) is 0 Å². The molecule has 1 saturated carbocycles. The summed E-state index contributed by atoms with van der Waals surface area (Å²) < 4.78 is 4.97. The lowest BCUT2D eigenvalue weighted by molar-refractivity contribution is -0.150. The lowest BCUT2D eigenvalue weighted by atomic mass is 9.73. The molecule has 1 heterocycles. The summed E-state index contributed by atoms with van der Waals surface area (Å²) in [6.45, 7) is 0.929. The van der Waals surface area contributed by atoms with Gasteiger partial charge < -0.3 is 20.3 Å². The molecular weight excluding hydrogens is 388 g/mol. The van der Waals surface area contributed by atoms with E-state index in [1.807, 2.05) is 38.1 Å². The second kappa shape index (κ2) is 8.73. The average molecular weight is 416 g/mol. The Hall–Kier alpha value is -3.10. The maximum Gasteiger partial charge on any atom is 0.326 e. The number of imide groups is 1. The van der Waals surface area contributed by atoms with Crippen molar-refractivity contribution in [3.63, 3.8) is 0 Å². The van der Waals surface area contributed by atoms with E-state index in [0.717, 1.165) is 29.8 Å². The van der Waals surface area contributed by atoms with Gasteiger partial charge in [-0.3, -0.25) is 19.3 Å². The van der Waals surface area contributed by atoms with E-state index < -0.39 is 36.6 Å². The van der Waals surface area contributed by atoms with Crippen LogP contribution < -0.4 is 15.5 Å². The Balaban J connectivity index is 1.50. The molecule has 0 bridgehead atoms. The van der Waals surface area contributed by atoms with Crippen LogP contribution in [-0.4, -0.2) is 61.5 Å². The van der Waals surface area contributed by atoms with Crippen LogP contribution in [-0.2, 0) is 19.1 Å². The summed E-state index contributed by atoms with van der Waals surface area (Å²) in [5, 5.41) is 5.41. The number of carbonyl (C=O) groups excluding carboxylic acids is 4. The molecule has 0 unspecified atom stereocenters. The van der Waals surface area contributed by atoms with Crippen molar-refractivity contribution >= 4 is 35.2 Å². The fourth-order valence-corrected chi connectivity index (χ4v) is 4.00. The number of esters is 1. The molecule has 2 N–H and O–H groups in total. The molecule has 1 aliphatic carbocycles. The first-order valence-electron chi connectivity index (χ1n) is 10.1. The van der Waals surface area contributed by atoms with Crippen molar-refractivity contribution in [2.75, 3.05) is 37.5 Å². The van der Waals surface area contributed by atoms with Gasteiger partial charge in [-0.1, -0.05) is 19.8 Å². The highest BCUT2D eigenvalue weighted by molar-refractivity contribution is 6.09. The van der Waals surface area contributed by atoms with E-state index >= 15 is 0 Å². The summed E-state index contributed by atoms with van der Waals surface area (Å²) in [6.07, 6.45) is 3.28. The minimum absolute atomic E-state index is 0.00776. The number of rotatable bonds is 6. The smallest absolute Gasteiger partial charge is 0.326 e. The first kappa shape index (κ1) is 21.6. The first-order valence-corrected chi connectivity index (χ1v) is 10.1. The molecule has 9 nitrogen and oxygen atoms in total. The Kier molecular flexibility index (Phi) is 6.28. The number of anilines is 2. The lowest BCUT2D eigenvalue weighted by Gasteiger charge is -2.36. The predicted octanol–water partition coefficient (Wildman–Crippen LogP) is 1.73. The standard InChI is InChI=1S/C21H28N4O5/c1-14-6-4-5-11-21(14)19(28)25(20(29)23-21)12-18(27)30-13-17(26)22-15-7-9-16(10-8-15)24(2)3/h7-10,14H,4-6,11-13H2,1-3H3,(H,22,26)(H,23,29)/t14-,21-/m0/s1. The number of amides is 4. The van der Waals surface area contributed by atoms with E-state index in [-0.39, 0.29) is 11.8 Å². The van der Waals surface area contributed by atoms with Gasteiger partial charge in [0, 0.05) is 25.5 Å². The third-order valence-corrected chi connectivity index (χ3v) is 5.82. The van der Waals surface area contributed by atoms with E-state index in [1.165, 1.54) is 0 Å². The Bertz CT molecular complexity index is 838. The summed E-state index contributed by atoms with van der Waals surface area (Å²) in [6, 6.07) is 6.60. The lowest BCUT2D eigenvalue weighted by Crippen LogP contribution is -2.54. The topological polar surface area (TPSA) is 108 Å². The number of hydrogen-bond acceptors (Lipinski definition) is 6. The van der Waals surface area contributed by atoms with E-state index in [0.29, 0.717) is 12.1 Å². The number of urea groups is 1. The van der Waals surface area contributed by atoms with Crippen LogP contribution in [0.3, 0.4) is 0 Å². The zero-order valence-corrected chi connectivity index (χ0v) is 17.6. The highest BCUT2D eigenvalue weighted by atomic mass is 16.5. The van der Waals surface area contributed by atoms with Crippen LogP contribution in [0, 0.1) is 5.92 Å². The quantitative estimate of drug-likeness (QED) is 0.540. The van der Waals surface area contributed by atoms with Crippen LogP contribution in [0.1, 0.15) is 32.6 Å². The van der Waals surface area contributed by atoms with Crippen LogP contribution >= 0.6 is 0 Å². The summed E-state index contributed by atoms with van der Waals surface area (Å²) in [7, 11) is 3.82. The molecule has 2 fully saturated rings. The van der Waals surface area contributed by atoms with E-state index in [1.54, 1.807) is 12.1 Å². The van der Waals surface area contributed by atoms with Crippen molar-refractivity contribution in [1.29, 1.82) is 0 Å². The minimum Gasteiger partial charge on any atom is -0.454 e. The molecule has 4 amide bonds. The molecule has 9 heteroatoms.